The normalized spacial score (nSPS) is 10.3. The Morgan fingerprint density at radius 1 is 1.31 bits per heavy atom. The zero-order chi connectivity index (χ0) is 9.19. The molecule has 1 rings (SSSR count). The summed E-state index contributed by atoms with van der Waals surface area (Å²) in [6, 6.07) is 6.78. The van der Waals surface area contributed by atoms with Crippen LogP contribution in [-0.2, 0) is 10.3 Å². The minimum Gasteiger partial charge on any atom is -0.269 e. The van der Waals surface area contributed by atoms with Crippen LogP contribution in [0.2, 0.25) is 0 Å². The molecule has 0 aliphatic rings. The molecule has 0 saturated carbocycles. The molecule has 0 amide bonds. The largest absolute Gasteiger partial charge is 0.357 e. The maximum absolute atomic E-state index is 10.4. The van der Waals surface area contributed by atoms with E-state index in [4.69, 9.17) is 4.55 Å². The molecule has 0 saturated heterocycles. The number of hydrogen-bond donors (Lipinski definition) is 2. The zero-order valence-electron chi connectivity index (χ0n) is 6.89. The second-order valence-electron chi connectivity index (χ2n) is 2.39. The average molecular weight is 224 g/mol. The van der Waals surface area contributed by atoms with E-state index in [0.29, 0.717) is 5.69 Å². The van der Waals surface area contributed by atoms with Gasteiger partial charge in [0.05, 0.1) is 5.69 Å². The first kappa shape index (κ1) is 12.2. The molecule has 4 nitrogen and oxygen atoms in total. The zero-order valence-corrected chi connectivity index (χ0v) is 8.52. The molecular formula is C7H10ClNO3S. The third kappa shape index (κ3) is 4.12. The van der Waals surface area contributed by atoms with Crippen LogP contribution in [0, 0.1) is 6.92 Å². The Bertz CT molecular complexity index is 377. The summed E-state index contributed by atoms with van der Waals surface area (Å²) in [6.45, 7) is 1.74. The number of nitrogens with one attached hydrogen (secondary N) is 1. The van der Waals surface area contributed by atoms with Crippen molar-refractivity contribution in [1.82, 2.24) is 0 Å². The summed E-state index contributed by atoms with van der Waals surface area (Å²) in [5.74, 6) is 0. The van der Waals surface area contributed by atoms with E-state index in [1.54, 1.807) is 31.2 Å². The minimum absolute atomic E-state index is 0. The molecule has 0 aromatic heterocycles. The highest BCUT2D eigenvalue weighted by atomic mass is 35.5. The van der Waals surface area contributed by atoms with E-state index in [0.717, 1.165) is 5.56 Å². The van der Waals surface area contributed by atoms with Crippen molar-refractivity contribution in [3.05, 3.63) is 29.8 Å². The van der Waals surface area contributed by atoms with Crippen LogP contribution in [0.25, 0.3) is 0 Å². The molecule has 1 aromatic carbocycles. The van der Waals surface area contributed by atoms with Gasteiger partial charge in [0, 0.05) is 0 Å². The minimum atomic E-state index is -4.15. The van der Waals surface area contributed by atoms with Crippen molar-refractivity contribution in [3.8, 4) is 0 Å². The van der Waals surface area contributed by atoms with Crippen LogP contribution >= 0.6 is 12.4 Å². The molecule has 13 heavy (non-hydrogen) atoms. The van der Waals surface area contributed by atoms with Gasteiger partial charge < -0.3 is 0 Å². The molecule has 0 aliphatic heterocycles. The maximum atomic E-state index is 10.4. The van der Waals surface area contributed by atoms with E-state index in [1.165, 1.54) is 0 Å². The molecule has 0 bridgehead atoms. The number of rotatable bonds is 2. The summed E-state index contributed by atoms with van der Waals surface area (Å²) in [5.41, 5.74) is 1.15. The first-order valence-corrected chi connectivity index (χ1v) is 4.74. The third-order valence-corrected chi connectivity index (χ3v) is 1.86. The molecule has 6 heteroatoms. The van der Waals surface area contributed by atoms with Crippen molar-refractivity contribution >= 4 is 28.4 Å². The summed E-state index contributed by atoms with van der Waals surface area (Å²) in [4.78, 5) is 0. The van der Waals surface area contributed by atoms with Crippen LogP contribution in [0.1, 0.15) is 5.56 Å². The topological polar surface area (TPSA) is 66.4 Å². The molecule has 0 fully saturated rings. The summed E-state index contributed by atoms with van der Waals surface area (Å²) < 4.78 is 31.2. The first-order valence-electron chi connectivity index (χ1n) is 3.30. The van der Waals surface area contributed by atoms with Gasteiger partial charge in [-0.25, -0.2) is 0 Å². The van der Waals surface area contributed by atoms with E-state index >= 15 is 0 Å². The van der Waals surface area contributed by atoms with Crippen LogP contribution in [0.3, 0.4) is 0 Å². The Morgan fingerprint density at radius 3 is 2.31 bits per heavy atom. The predicted octanol–water partition coefficient (Wildman–Crippen LogP) is 1.63. The van der Waals surface area contributed by atoms with E-state index in [2.05, 4.69) is 0 Å². The SMILES string of the molecule is Cc1ccccc1NS(=O)(=O)O.Cl. The van der Waals surface area contributed by atoms with Crippen LogP contribution in [0.5, 0.6) is 0 Å². The van der Waals surface area contributed by atoms with Gasteiger partial charge >= 0.3 is 10.3 Å². The van der Waals surface area contributed by atoms with Gasteiger partial charge in [-0.3, -0.25) is 9.27 Å². The van der Waals surface area contributed by atoms with Crippen LogP contribution in [0.4, 0.5) is 5.69 Å². The summed E-state index contributed by atoms with van der Waals surface area (Å²) >= 11 is 0. The molecular weight excluding hydrogens is 214 g/mol. The Kier molecular flexibility index (Phi) is 4.19. The van der Waals surface area contributed by atoms with Gasteiger partial charge in [0.25, 0.3) is 0 Å². The lowest BCUT2D eigenvalue weighted by molar-refractivity contribution is 0.489. The van der Waals surface area contributed by atoms with Crippen molar-refractivity contribution in [1.29, 1.82) is 0 Å². The molecule has 74 valence electrons. The number of aryl methyl sites for hydroxylation is 1. The first-order chi connectivity index (χ1) is 5.49. The van der Waals surface area contributed by atoms with Crippen molar-refractivity contribution in [3.63, 3.8) is 0 Å². The van der Waals surface area contributed by atoms with Gasteiger partial charge in [-0.15, -0.1) is 12.4 Å². The van der Waals surface area contributed by atoms with Gasteiger partial charge in [0.2, 0.25) is 0 Å². The number of para-hydroxylation sites is 1. The third-order valence-electron chi connectivity index (χ3n) is 1.38. The fourth-order valence-electron chi connectivity index (χ4n) is 0.826. The molecule has 0 aliphatic carbocycles. The van der Waals surface area contributed by atoms with E-state index in [1.807, 2.05) is 4.72 Å². The van der Waals surface area contributed by atoms with Crippen molar-refractivity contribution in [2.24, 2.45) is 0 Å². The second-order valence-corrected chi connectivity index (χ2v) is 3.55. The number of halogens is 1. The van der Waals surface area contributed by atoms with E-state index in [-0.39, 0.29) is 12.4 Å². The van der Waals surface area contributed by atoms with Gasteiger partial charge in [0.15, 0.2) is 0 Å². The number of hydrogen-bond acceptors (Lipinski definition) is 2. The van der Waals surface area contributed by atoms with Crippen LogP contribution < -0.4 is 4.72 Å². The summed E-state index contributed by atoms with van der Waals surface area (Å²) in [6.07, 6.45) is 0. The molecule has 2 N–H and O–H groups in total. The Morgan fingerprint density at radius 2 is 1.85 bits per heavy atom. The molecule has 0 heterocycles. The number of anilines is 1. The Hall–Kier alpha value is -0.780. The summed E-state index contributed by atoms with van der Waals surface area (Å²) in [7, 11) is -4.15. The highest BCUT2D eigenvalue weighted by Crippen LogP contribution is 2.13. The molecule has 1 aromatic rings. The van der Waals surface area contributed by atoms with Gasteiger partial charge in [0.1, 0.15) is 0 Å². The lowest BCUT2D eigenvalue weighted by Gasteiger charge is -2.04. The summed E-state index contributed by atoms with van der Waals surface area (Å²) in [5, 5.41) is 0. The Balaban J connectivity index is 0.00000144. The lowest BCUT2D eigenvalue weighted by atomic mass is 10.2. The van der Waals surface area contributed by atoms with Gasteiger partial charge in [-0.2, -0.15) is 8.42 Å². The van der Waals surface area contributed by atoms with E-state index < -0.39 is 10.3 Å². The molecule has 0 atom stereocenters. The number of benzene rings is 1. The molecule has 0 radical (unpaired) electrons. The smallest absolute Gasteiger partial charge is 0.269 e. The highest BCUT2D eigenvalue weighted by molar-refractivity contribution is 7.87. The highest BCUT2D eigenvalue weighted by Gasteiger charge is 2.04. The van der Waals surface area contributed by atoms with Crippen LogP contribution in [-0.4, -0.2) is 13.0 Å². The van der Waals surface area contributed by atoms with Crippen molar-refractivity contribution < 1.29 is 13.0 Å². The second kappa shape index (κ2) is 4.45. The molecule has 0 unspecified atom stereocenters. The lowest BCUT2D eigenvalue weighted by Crippen LogP contribution is -2.11. The van der Waals surface area contributed by atoms with Crippen LogP contribution in [0.15, 0.2) is 24.3 Å². The average Bonchev–Trinajstić information content (AvgIpc) is 1.91. The molecule has 0 spiro atoms. The fraction of sp³-hybridized carbons (Fsp3) is 0.143. The Labute approximate surface area is 83.3 Å². The fourth-order valence-corrected chi connectivity index (χ4v) is 1.33. The van der Waals surface area contributed by atoms with Gasteiger partial charge in [-0.05, 0) is 18.6 Å². The van der Waals surface area contributed by atoms with Crippen molar-refractivity contribution in [2.75, 3.05) is 4.72 Å². The standard InChI is InChI=1S/C7H9NO3S.ClH/c1-6-4-2-3-5-7(6)8-12(9,10)11;/h2-5,8H,1H3,(H,9,10,11);1H. The monoisotopic (exact) mass is 223 g/mol. The predicted molar refractivity (Wildman–Crippen MR) is 53.6 cm³/mol. The van der Waals surface area contributed by atoms with Crippen molar-refractivity contribution in [2.45, 2.75) is 6.92 Å². The maximum Gasteiger partial charge on any atom is 0.357 e. The van der Waals surface area contributed by atoms with E-state index in [9.17, 15) is 8.42 Å². The van der Waals surface area contributed by atoms with Gasteiger partial charge in [-0.1, -0.05) is 18.2 Å². The quantitative estimate of drug-likeness (QED) is 0.749.